The average molecular weight is 429 g/mol. The molecule has 1 aliphatic rings. The minimum atomic E-state index is -3.79. The summed E-state index contributed by atoms with van der Waals surface area (Å²) in [7, 11) is -3.79. The molecule has 27 heavy (non-hydrogen) atoms. The van der Waals surface area contributed by atoms with E-state index in [1.807, 2.05) is 0 Å². The van der Waals surface area contributed by atoms with Crippen LogP contribution in [-0.2, 0) is 14.8 Å². The van der Waals surface area contributed by atoms with E-state index in [1.54, 1.807) is 30.0 Å². The van der Waals surface area contributed by atoms with Gasteiger partial charge in [-0.3, -0.25) is 4.79 Å². The Morgan fingerprint density at radius 1 is 1.26 bits per heavy atom. The molecule has 1 heterocycles. The number of fused-ring (bicyclic) bond motifs is 1. The van der Waals surface area contributed by atoms with E-state index in [4.69, 9.17) is 11.6 Å². The van der Waals surface area contributed by atoms with Crippen molar-refractivity contribution in [2.24, 2.45) is 0 Å². The van der Waals surface area contributed by atoms with E-state index in [0.29, 0.717) is 6.42 Å². The van der Waals surface area contributed by atoms with Gasteiger partial charge in [0, 0.05) is 23.6 Å². The van der Waals surface area contributed by atoms with Gasteiger partial charge in [0.15, 0.2) is 0 Å². The Labute approximate surface area is 166 Å². The molecule has 5 nitrogen and oxygen atoms in total. The van der Waals surface area contributed by atoms with Gasteiger partial charge in [-0.25, -0.2) is 17.5 Å². The second-order valence-electron chi connectivity index (χ2n) is 6.02. The Morgan fingerprint density at radius 2 is 2.04 bits per heavy atom. The zero-order valence-electron chi connectivity index (χ0n) is 14.2. The summed E-state index contributed by atoms with van der Waals surface area (Å²) in [6.45, 7) is -0.0587. The van der Waals surface area contributed by atoms with Crippen molar-refractivity contribution in [3.63, 3.8) is 0 Å². The molecule has 0 radical (unpaired) electrons. The SMILES string of the molecule is O=C(CCNS(=O)(=O)c1ccccc1Cl)NC1CCSc2ccc(F)cc21. The smallest absolute Gasteiger partial charge is 0.242 e. The fourth-order valence-corrected chi connectivity index (χ4v) is 5.48. The van der Waals surface area contributed by atoms with Crippen molar-refractivity contribution >= 4 is 39.3 Å². The monoisotopic (exact) mass is 428 g/mol. The molecule has 9 heteroatoms. The lowest BCUT2D eigenvalue weighted by molar-refractivity contribution is -0.121. The van der Waals surface area contributed by atoms with Crippen LogP contribution in [-0.4, -0.2) is 26.6 Å². The number of nitrogens with one attached hydrogen (secondary N) is 2. The van der Waals surface area contributed by atoms with Crippen LogP contribution in [0.4, 0.5) is 4.39 Å². The van der Waals surface area contributed by atoms with Crippen molar-refractivity contribution < 1.29 is 17.6 Å². The highest BCUT2D eigenvalue weighted by molar-refractivity contribution is 7.99. The first kappa shape index (κ1) is 20.1. The number of halogens is 2. The van der Waals surface area contributed by atoms with Crippen LogP contribution in [0, 0.1) is 5.82 Å². The number of sulfonamides is 1. The van der Waals surface area contributed by atoms with E-state index in [-0.39, 0.29) is 40.6 Å². The van der Waals surface area contributed by atoms with Crippen molar-refractivity contribution in [2.45, 2.75) is 28.7 Å². The maximum absolute atomic E-state index is 13.5. The number of carbonyl (C=O) groups is 1. The fourth-order valence-electron chi connectivity index (χ4n) is 2.82. The predicted molar refractivity (Wildman–Crippen MR) is 104 cm³/mol. The van der Waals surface area contributed by atoms with E-state index in [1.165, 1.54) is 24.3 Å². The summed E-state index contributed by atoms with van der Waals surface area (Å²) in [4.78, 5) is 13.1. The summed E-state index contributed by atoms with van der Waals surface area (Å²) >= 11 is 7.53. The number of benzene rings is 2. The van der Waals surface area contributed by atoms with Gasteiger partial charge in [0.2, 0.25) is 15.9 Å². The quantitative estimate of drug-likeness (QED) is 0.738. The molecular formula is C18H18ClFN2O3S2. The lowest BCUT2D eigenvalue weighted by Gasteiger charge is -2.26. The Morgan fingerprint density at radius 3 is 2.81 bits per heavy atom. The van der Waals surface area contributed by atoms with Gasteiger partial charge < -0.3 is 5.32 Å². The zero-order chi connectivity index (χ0) is 19.4. The van der Waals surface area contributed by atoms with Gasteiger partial charge in [-0.15, -0.1) is 11.8 Å². The van der Waals surface area contributed by atoms with Gasteiger partial charge in [-0.05, 0) is 42.3 Å². The second kappa shape index (κ2) is 8.60. The molecule has 3 rings (SSSR count). The molecule has 0 fully saturated rings. The molecule has 2 N–H and O–H groups in total. The van der Waals surface area contributed by atoms with Crippen LogP contribution < -0.4 is 10.0 Å². The number of carbonyl (C=O) groups excluding carboxylic acids is 1. The summed E-state index contributed by atoms with van der Waals surface area (Å²) in [6, 6.07) is 10.4. The number of hydrogen-bond acceptors (Lipinski definition) is 4. The molecule has 0 saturated heterocycles. The molecule has 1 unspecified atom stereocenters. The molecule has 2 aromatic rings. The van der Waals surface area contributed by atoms with Crippen LogP contribution in [0.3, 0.4) is 0 Å². The summed E-state index contributed by atoms with van der Waals surface area (Å²) in [5, 5.41) is 2.98. The van der Waals surface area contributed by atoms with E-state index >= 15 is 0 Å². The van der Waals surface area contributed by atoms with Crippen LogP contribution in [0.5, 0.6) is 0 Å². The Bertz CT molecular complexity index is 953. The molecule has 0 aromatic heterocycles. The lowest BCUT2D eigenvalue weighted by atomic mass is 10.0. The minimum absolute atomic E-state index is 0.0271. The number of thioether (sulfide) groups is 1. The van der Waals surface area contributed by atoms with Gasteiger partial charge in [0.1, 0.15) is 10.7 Å². The van der Waals surface area contributed by atoms with Gasteiger partial charge in [-0.2, -0.15) is 0 Å². The molecule has 2 aromatic carbocycles. The largest absolute Gasteiger partial charge is 0.349 e. The Hall–Kier alpha value is -1.61. The molecule has 0 bridgehead atoms. The maximum Gasteiger partial charge on any atom is 0.242 e. The minimum Gasteiger partial charge on any atom is -0.349 e. The van der Waals surface area contributed by atoms with Crippen LogP contribution in [0.2, 0.25) is 5.02 Å². The van der Waals surface area contributed by atoms with Gasteiger partial charge in [0.25, 0.3) is 0 Å². The van der Waals surface area contributed by atoms with Gasteiger partial charge in [-0.1, -0.05) is 23.7 Å². The van der Waals surface area contributed by atoms with Crippen LogP contribution in [0.1, 0.15) is 24.4 Å². The summed E-state index contributed by atoms with van der Waals surface area (Å²) in [5.74, 6) is 0.176. The van der Waals surface area contributed by atoms with Gasteiger partial charge in [0.05, 0.1) is 11.1 Å². The third-order valence-corrected chi connectivity index (χ3v) is 7.20. The van der Waals surface area contributed by atoms with E-state index in [0.717, 1.165) is 16.2 Å². The summed E-state index contributed by atoms with van der Waals surface area (Å²) < 4.78 is 40.4. The van der Waals surface area contributed by atoms with Crippen molar-refractivity contribution in [3.8, 4) is 0 Å². The molecule has 144 valence electrons. The Balaban J connectivity index is 1.57. The molecule has 1 aliphatic heterocycles. The molecular weight excluding hydrogens is 411 g/mol. The fraction of sp³-hybridized carbons (Fsp3) is 0.278. The third kappa shape index (κ3) is 5.01. The van der Waals surface area contributed by atoms with Crippen molar-refractivity contribution in [3.05, 3.63) is 58.9 Å². The highest BCUT2D eigenvalue weighted by Crippen LogP contribution is 2.36. The van der Waals surface area contributed by atoms with Crippen molar-refractivity contribution in [1.29, 1.82) is 0 Å². The van der Waals surface area contributed by atoms with E-state index < -0.39 is 10.0 Å². The Kier molecular flexibility index (Phi) is 6.41. The molecule has 0 spiro atoms. The molecule has 0 saturated carbocycles. The highest BCUT2D eigenvalue weighted by Gasteiger charge is 2.23. The van der Waals surface area contributed by atoms with Crippen molar-refractivity contribution in [1.82, 2.24) is 10.0 Å². The van der Waals surface area contributed by atoms with Crippen LogP contribution >= 0.6 is 23.4 Å². The number of rotatable bonds is 6. The zero-order valence-corrected chi connectivity index (χ0v) is 16.6. The normalized spacial score (nSPS) is 16.6. The summed E-state index contributed by atoms with van der Waals surface area (Å²) in [6.07, 6.45) is 0.663. The average Bonchev–Trinajstić information content (AvgIpc) is 2.62. The number of hydrogen-bond donors (Lipinski definition) is 2. The first-order chi connectivity index (χ1) is 12.9. The van der Waals surface area contributed by atoms with Crippen LogP contribution in [0.15, 0.2) is 52.3 Å². The van der Waals surface area contributed by atoms with Crippen molar-refractivity contribution in [2.75, 3.05) is 12.3 Å². The lowest BCUT2D eigenvalue weighted by Crippen LogP contribution is -2.34. The first-order valence-corrected chi connectivity index (χ1v) is 11.2. The van der Waals surface area contributed by atoms with Crippen LogP contribution in [0.25, 0.3) is 0 Å². The summed E-state index contributed by atoms with van der Waals surface area (Å²) in [5.41, 5.74) is 0.760. The molecule has 0 aliphatic carbocycles. The van der Waals surface area contributed by atoms with Gasteiger partial charge >= 0.3 is 0 Å². The van der Waals surface area contributed by atoms with E-state index in [2.05, 4.69) is 10.0 Å². The molecule has 1 amide bonds. The first-order valence-electron chi connectivity index (χ1n) is 8.32. The third-order valence-electron chi connectivity index (χ3n) is 4.12. The standard InChI is InChI=1S/C18H18ClFN2O3S2/c19-14-3-1-2-4-17(14)27(24,25)21-9-7-18(23)22-15-8-10-26-16-6-5-12(20)11-13(15)16/h1-6,11,15,21H,7-10H2,(H,22,23). The highest BCUT2D eigenvalue weighted by atomic mass is 35.5. The molecule has 1 atom stereocenters. The predicted octanol–water partition coefficient (Wildman–Crippen LogP) is 3.50. The second-order valence-corrected chi connectivity index (χ2v) is 9.30. The topological polar surface area (TPSA) is 75.3 Å². The maximum atomic E-state index is 13.5. The van der Waals surface area contributed by atoms with E-state index in [9.17, 15) is 17.6 Å². The number of amides is 1.